The molecule has 1 amide bonds. The first-order valence-corrected chi connectivity index (χ1v) is 8.32. The molecule has 0 spiro atoms. The number of carbonyl (C=O) groups excluding carboxylic acids is 1. The molecule has 0 aliphatic heterocycles. The van der Waals surface area contributed by atoms with E-state index in [-0.39, 0.29) is 5.91 Å². The number of nitrogens with zero attached hydrogens (tertiary/aromatic N) is 1. The van der Waals surface area contributed by atoms with E-state index in [1.54, 1.807) is 0 Å². The lowest BCUT2D eigenvalue weighted by Gasteiger charge is -2.19. The monoisotopic (exact) mass is 382 g/mol. The van der Waals surface area contributed by atoms with E-state index in [1.165, 1.54) is 5.56 Å². The summed E-state index contributed by atoms with van der Waals surface area (Å²) in [5, 5.41) is 2.85. The highest BCUT2D eigenvalue weighted by atomic mass is 127. The van der Waals surface area contributed by atoms with Crippen molar-refractivity contribution in [2.45, 2.75) is 37.5 Å². The van der Waals surface area contributed by atoms with Crippen LogP contribution in [0.2, 0.25) is 0 Å². The number of aryl methyl sites for hydroxylation is 2. The topological polar surface area (TPSA) is 42.0 Å². The summed E-state index contributed by atoms with van der Waals surface area (Å²) in [4.78, 5) is 16.8. The number of rotatable bonds is 4. The van der Waals surface area contributed by atoms with Crippen molar-refractivity contribution in [3.63, 3.8) is 0 Å². The van der Waals surface area contributed by atoms with Gasteiger partial charge < -0.3 is 5.32 Å². The summed E-state index contributed by atoms with van der Waals surface area (Å²) >= 11 is 2.35. The Balaban J connectivity index is 2.32. The predicted octanol–water partition coefficient (Wildman–Crippen LogP) is 3.69. The standard InChI is InChI=1S/C16H19IN2O/c1-4-10(2)19-16(20)12-5-6-15-14(8-12)13(9-17)7-11(3)18-15/h7-8H,2,4-6,9H2,1,3H3,(H,19,20). The molecule has 0 saturated heterocycles. The van der Waals surface area contributed by atoms with Crippen molar-refractivity contribution in [2.75, 3.05) is 0 Å². The molecule has 1 aliphatic rings. The number of carbonyl (C=O) groups is 1. The van der Waals surface area contributed by atoms with Crippen LogP contribution in [0.3, 0.4) is 0 Å². The lowest BCUT2D eigenvalue weighted by molar-refractivity contribution is -0.116. The second-order valence-corrected chi connectivity index (χ2v) is 5.76. The van der Waals surface area contributed by atoms with Crippen molar-refractivity contribution < 1.29 is 4.79 Å². The van der Waals surface area contributed by atoms with Crippen molar-refractivity contribution in [2.24, 2.45) is 0 Å². The molecule has 0 unspecified atom stereocenters. The first-order chi connectivity index (χ1) is 9.55. The summed E-state index contributed by atoms with van der Waals surface area (Å²) in [5.74, 6) is -0.0255. The van der Waals surface area contributed by atoms with Crippen molar-refractivity contribution in [1.82, 2.24) is 10.3 Å². The number of amides is 1. The molecule has 4 heteroatoms. The molecule has 1 heterocycles. The third-order valence-corrected chi connectivity index (χ3v) is 4.28. The molecule has 0 bridgehead atoms. The van der Waals surface area contributed by atoms with E-state index < -0.39 is 0 Å². The Labute approximate surface area is 133 Å². The van der Waals surface area contributed by atoms with Gasteiger partial charge in [0.1, 0.15) is 0 Å². The fourth-order valence-corrected chi connectivity index (χ4v) is 2.94. The molecule has 0 aromatic carbocycles. The van der Waals surface area contributed by atoms with Gasteiger partial charge in [0.05, 0.1) is 0 Å². The van der Waals surface area contributed by atoms with Gasteiger partial charge in [-0.2, -0.15) is 0 Å². The summed E-state index contributed by atoms with van der Waals surface area (Å²) in [6.07, 6.45) is 4.33. The van der Waals surface area contributed by atoms with Gasteiger partial charge >= 0.3 is 0 Å². The van der Waals surface area contributed by atoms with Crippen LogP contribution in [0, 0.1) is 6.92 Å². The molecule has 2 rings (SSSR count). The smallest absolute Gasteiger partial charge is 0.251 e. The zero-order valence-corrected chi connectivity index (χ0v) is 14.1. The van der Waals surface area contributed by atoms with E-state index in [0.717, 1.165) is 51.9 Å². The van der Waals surface area contributed by atoms with Gasteiger partial charge in [0.15, 0.2) is 0 Å². The van der Waals surface area contributed by atoms with Crippen LogP contribution in [-0.4, -0.2) is 10.9 Å². The van der Waals surface area contributed by atoms with Crippen LogP contribution in [0.1, 0.15) is 42.3 Å². The molecule has 20 heavy (non-hydrogen) atoms. The van der Waals surface area contributed by atoms with Crippen LogP contribution in [0.25, 0.3) is 6.08 Å². The van der Waals surface area contributed by atoms with Crippen molar-refractivity contribution in [3.05, 3.63) is 46.4 Å². The van der Waals surface area contributed by atoms with Crippen LogP contribution in [0.15, 0.2) is 23.9 Å². The largest absolute Gasteiger partial charge is 0.327 e. The van der Waals surface area contributed by atoms with E-state index in [1.807, 2.05) is 19.9 Å². The highest BCUT2D eigenvalue weighted by Gasteiger charge is 2.19. The predicted molar refractivity (Wildman–Crippen MR) is 90.6 cm³/mol. The Morgan fingerprint density at radius 2 is 2.25 bits per heavy atom. The summed E-state index contributed by atoms with van der Waals surface area (Å²) in [6.45, 7) is 7.83. The highest BCUT2D eigenvalue weighted by Crippen LogP contribution is 2.27. The number of halogens is 1. The van der Waals surface area contributed by atoms with Gasteiger partial charge in [0, 0.05) is 32.6 Å². The lowest BCUT2D eigenvalue weighted by atomic mass is 9.92. The second kappa shape index (κ2) is 6.52. The number of allylic oxidation sites excluding steroid dienone is 1. The third kappa shape index (κ3) is 3.29. The molecule has 0 atom stereocenters. The minimum atomic E-state index is -0.0255. The van der Waals surface area contributed by atoms with Gasteiger partial charge in [-0.25, -0.2) is 0 Å². The van der Waals surface area contributed by atoms with E-state index in [0.29, 0.717) is 0 Å². The normalized spacial score (nSPS) is 13.4. The summed E-state index contributed by atoms with van der Waals surface area (Å²) in [6, 6.07) is 2.10. The fourth-order valence-electron chi connectivity index (χ4n) is 2.31. The second-order valence-electron chi connectivity index (χ2n) is 5.00. The average Bonchev–Trinajstić information content (AvgIpc) is 2.45. The van der Waals surface area contributed by atoms with Crippen molar-refractivity contribution >= 4 is 34.6 Å². The van der Waals surface area contributed by atoms with Crippen LogP contribution >= 0.6 is 22.6 Å². The zero-order chi connectivity index (χ0) is 14.7. The molecule has 1 aliphatic carbocycles. The molecule has 0 saturated carbocycles. The number of alkyl halides is 1. The van der Waals surface area contributed by atoms with E-state index >= 15 is 0 Å². The maximum absolute atomic E-state index is 12.2. The van der Waals surface area contributed by atoms with Crippen molar-refractivity contribution in [1.29, 1.82) is 0 Å². The maximum atomic E-state index is 12.2. The van der Waals surface area contributed by atoms with Crippen LogP contribution in [-0.2, 0) is 15.6 Å². The lowest BCUT2D eigenvalue weighted by Crippen LogP contribution is -2.25. The van der Waals surface area contributed by atoms with Crippen LogP contribution in [0.4, 0.5) is 0 Å². The Kier molecular flexibility index (Phi) is 4.96. The first-order valence-electron chi connectivity index (χ1n) is 6.80. The van der Waals surface area contributed by atoms with Gasteiger partial charge in [-0.3, -0.25) is 9.78 Å². The molecule has 106 valence electrons. The van der Waals surface area contributed by atoms with Gasteiger partial charge in [0.2, 0.25) is 0 Å². The minimum absolute atomic E-state index is 0.0255. The Hall–Kier alpha value is -1.17. The number of hydrogen-bond acceptors (Lipinski definition) is 2. The molecule has 1 N–H and O–H groups in total. The van der Waals surface area contributed by atoms with E-state index in [2.05, 4.69) is 45.5 Å². The summed E-state index contributed by atoms with van der Waals surface area (Å²) in [7, 11) is 0. The Morgan fingerprint density at radius 3 is 2.90 bits per heavy atom. The van der Waals surface area contributed by atoms with Gasteiger partial charge in [-0.1, -0.05) is 36.1 Å². The maximum Gasteiger partial charge on any atom is 0.251 e. The molecule has 1 aromatic heterocycles. The van der Waals surface area contributed by atoms with E-state index in [4.69, 9.17) is 0 Å². The number of fused-ring (bicyclic) bond motifs is 1. The summed E-state index contributed by atoms with van der Waals surface area (Å²) < 4.78 is 0.927. The number of hydrogen-bond donors (Lipinski definition) is 1. The molecule has 3 nitrogen and oxygen atoms in total. The number of aromatic nitrogens is 1. The van der Waals surface area contributed by atoms with Crippen molar-refractivity contribution in [3.8, 4) is 0 Å². The molecule has 0 radical (unpaired) electrons. The van der Waals surface area contributed by atoms with Gasteiger partial charge in [-0.15, -0.1) is 0 Å². The quantitative estimate of drug-likeness (QED) is 0.638. The fraction of sp³-hybridized carbons (Fsp3) is 0.375. The third-order valence-electron chi connectivity index (χ3n) is 3.45. The molecular formula is C16H19IN2O. The Morgan fingerprint density at radius 1 is 1.50 bits per heavy atom. The van der Waals surface area contributed by atoms with Crippen LogP contribution < -0.4 is 5.32 Å². The average molecular weight is 382 g/mol. The first kappa shape index (κ1) is 15.2. The SMILES string of the molecule is C=C(CC)NC(=O)C1=Cc2c(CI)cc(C)nc2CC1. The summed E-state index contributed by atoms with van der Waals surface area (Å²) in [5.41, 5.74) is 6.14. The molecule has 1 aromatic rings. The van der Waals surface area contributed by atoms with Gasteiger partial charge in [0.25, 0.3) is 5.91 Å². The number of pyridine rings is 1. The highest BCUT2D eigenvalue weighted by molar-refractivity contribution is 14.1. The van der Waals surface area contributed by atoms with Gasteiger partial charge in [-0.05, 0) is 43.9 Å². The Bertz CT molecular complexity index is 590. The zero-order valence-electron chi connectivity index (χ0n) is 11.9. The minimum Gasteiger partial charge on any atom is -0.327 e. The van der Waals surface area contributed by atoms with E-state index in [9.17, 15) is 4.79 Å². The molecule has 0 fully saturated rings. The molecular weight excluding hydrogens is 363 g/mol. The number of nitrogens with one attached hydrogen (secondary N) is 1. The van der Waals surface area contributed by atoms with Crippen LogP contribution in [0.5, 0.6) is 0 Å².